The molecular weight excluding hydrogens is 778 g/mol. The van der Waals surface area contributed by atoms with E-state index in [1.807, 2.05) is 78.9 Å². The van der Waals surface area contributed by atoms with E-state index in [0.717, 1.165) is 16.7 Å². The maximum atomic E-state index is 13.3. The van der Waals surface area contributed by atoms with Gasteiger partial charge in [0.2, 0.25) is 14.1 Å². The predicted molar refractivity (Wildman–Crippen MR) is 222 cm³/mol. The largest absolute Gasteiger partial charge is 0.695 e. The minimum absolute atomic E-state index is 0.121. The number of rotatable bonds is 16. The Morgan fingerprint density at radius 1 is 0.845 bits per heavy atom. The molecule has 0 radical (unpaired) electrons. The lowest BCUT2D eigenvalue weighted by Gasteiger charge is -2.45. The zero-order chi connectivity index (χ0) is 41.4. The molecule has 1 aliphatic heterocycles. The fourth-order valence-electron chi connectivity index (χ4n) is 9.02. The summed E-state index contributed by atoms with van der Waals surface area (Å²) in [6, 6.07) is 25.2. The third-order valence-electron chi connectivity index (χ3n) is 11.5. The van der Waals surface area contributed by atoms with Gasteiger partial charge in [0.25, 0.3) is 5.56 Å². The summed E-state index contributed by atoms with van der Waals surface area (Å²) in [5.74, 6) is 1.67. The second kappa shape index (κ2) is 16.9. The van der Waals surface area contributed by atoms with Gasteiger partial charge in [-0.3, -0.25) is 18.7 Å². The molecule has 2 N–H and O–H groups in total. The number of aromatic nitrogens is 5. The number of aromatic amines is 1. The van der Waals surface area contributed by atoms with Crippen LogP contribution in [0.4, 0.5) is 0 Å². The van der Waals surface area contributed by atoms with Gasteiger partial charge in [-0.2, -0.15) is 0 Å². The molecule has 16 heteroatoms. The molecule has 0 spiro atoms. The Bertz CT molecular complexity index is 2330. The molecular formula is C42H51N5O9PSi+. The van der Waals surface area contributed by atoms with Crippen LogP contribution in [0.25, 0.3) is 16.9 Å². The van der Waals surface area contributed by atoms with Crippen LogP contribution in [0, 0.1) is 0 Å². The number of hydrogen-bond donors (Lipinski definition) is 2. The lowest BCUT2D eigenvalue weighted by atomic mass is 9.80. The molecule has 0 bridgehead atoms. The zero-order valence-corrected chi connectivity index (χ0v) is 35.8. The first kappa shape index (κ1) is 41.4. The molecule has 6 aromatic rings. The van der Waals surface area contributed by atoms with Crippen molar-refractivity contribution < 1.29 is 37.4 Å². The molecule has 3 aromatic carbocycles. The van der Waals surface area contributed by atoms with Gasteiger partial charge < -0.3 is 23.4 Å². The topological polar surface area (TPSA) is 161 Å². The molecule has 7 rings (SSSR count). The highest BCUT2D eigenvalue weighted by Gasteiger charge is 2.58. The molecule has 1 saturated heterocycles. The van der Waals surface area contributed by atoms with Crippen molar-refractivity contribution in [1.29, 1.82) is 0 Å². The van der Waals surface area contributed by atoms with Crippen LogP contribution in [0.3, 0.4) is 0 Å². The molecule has 306 valence electrons. The molecule has 0 amide bonds. The minimum Gasteiger partial charge on any atom is -0.497 e. The molecule has 5 atom stereocenters. The smallest absolute Gasteiger partial charge is 0.497 e. The van der Waals surface area contributed by atoms with Crippen LogP contribution in [0.5, 0.6) is 11.5 Å². The number of ether oxygens (including phenoxy) is 4. The summed E-state index contributed by atoms with van der Waals surface area (Å²) in [5, 5.41) is 0. The Morgan fingerprint density at radius 3 is 1.95 bits per heavy atom. The van der Waals surface area contributed by atoms with E-state index in [0.29, 0.717) is 22.9 Å². The summed E-state index contributed by atoms with van der Waals surface area (Å²) in [6.07, 6.45) is 0.885. The maximum Gasteiger partial charge on any atom is 0.695 e. The molecule has 1 unspecified atom stereocenters. The standard InChI is InChI=1S/C42H50N5O9PSi/c1-26(2)58(27(3)4,28(5)6)56-37-36(55-57(49)50)34(54-40(37)47-25-44-35-38(48)45-41-43-22-23-46(41)39(35)47)24-53-42(29-12-10-9-11-13-29,30-14-18-32(51-7)19-15-30)31-16-20-33(52-8)21-17-31/h9-23,25-28,34,36-37,40H,24H2,1-8H3,(H-,43,45,48,49,50)/p+1/t34-,36-,37-,40-/m1/s1. The van der Waals surface area contributed by atoms with Crippen LogP contribution >= 0.6 is 8.25 Å². The number of H-pyrrole nitrogens is 1. The molecule has 1 aliphatic rings. The summed E-state index contributed by atoms with van der Waals surface area (Å²) >= 11 is 0. The van der Waals surface area contributed by atoms with Crippen molar-refractivity contribution in [2.24, 2.45) is 0 Å². The van der Waals surface area contributed by atoms with Crippen LogP contribution in [0.15, 0.2) is 102 Å². The van der Waals surface area contributed by atoms with Crippen molar-refractivity contribution in [3.8, 4) is 11.5 Å². The molecule has 14 nitrogen and oxygen atoms in total. The highest BCUT2D eigenvalue weighted by Crippen LogP contribution is 2.49. The van der Waals surface area contributed by atoms with Crippen LogP contribution in [-0.2, 0) is 28.6 Å². The Hall–Kier alpha value is -4.73. The SMILES string of the molecule is COc1ccc(C(OC[C@H]2O[C@@H](n3cnc4c(=O)[nH]c5nccn5c43)[C@H](O[Si](C(C)C)(C(C)C)C(C)C)[C@@H]2O[P+](=O)O)(c2ccccc2)c2ccc(OC)cc2)cc1. The second-order valence-corrected chi connectivity index (χ2v) is 21.6. The molecule has 0 aliphatic carbocycles. The van der Waals surface area contributed by atoms with Crippen molar-refractivity contribution in [1.82, 2.24) is 23.9 Å². The van der Waals surface area contributed by atoms with E-state index in [4.69, 9.17) is 27.9 Å². The molecule has 58 heavy (non-hydrogen) atoms. The second-order valence-electron chi connectivity index (χ2n) is 15.5. The number of nitrogens with zero attached hydrogens (tertiary/aromatic N) is 4. The predicted octanol–water partition coefficient (Wildman–Crippen LogP) is 7.89. The average molecular weight is 829 g/mol. The molecule has 4 heterocycles. The van der Waals surface area contributed by atoms with Gasteiger partial charge in [-0.1, -0.05) is 96.1 Å². The monoisotopic (exact) mass is 828 g/mol. The Kier molecular flexibility index (Phi) is 12.0. The summed E-state index contributed by atoms with van der Waals surface area (Å²) in [7, 11) is -2.66. The Balaban J connectivity index is 1.41. The van der Waals surface area contributed by atoms with Gasteiger partial charge in [0.1, 0.15) is 29.3 Å². The quantitative estimate of drug-likeness (QED) is 0.0555. The normalized spacial score (nSPS) is 19.2. The van der Waals surface area contributed by atoms with Gasteiger partial charge in [-0.05, 0) is 57.6 Å². The van der Waals surface area contributed by atoms with E-state index in [1.165, 1.54) is 6.33 Å². The molecule has 0 saturated carbocycles. The van der Waals surface area contributed by atoms with Gasteiger partial charge in [0.05, 0.1) is 27.2 Å². The van der Waals surface area contributed by atoms with Crippen molar-refractivity contribution in [2.75, 3.05) is 20.8 Å². The van der Waals surface area contributed by atoms with E-state index in [1.54, 1.807) is 35.6 Å². The van der Waals surface area contributed by atoms with Crippen LogP contribution < -0.4 is 15.0 Å². The summed E-state index contributed by atoms with van der Waals surface area (Å²) in [4.78, 5) is 35.4. The van der Waals surface area contributed by atoms with Crippen LogP contribution in [0.1, 0.15) is 64.5 Å². The number of nitrogens with one attached hydrogen (secondary N) is 1. The number of benzene rings is 3. The summed E-state index contributed by atoms with van der Waals surface area (Å²) in [6.45, 7) is 12.9. The van der Waals surface area contributed by atoms with Crippen LogP contribution in [-0.4, -0.2) is 76.3 Å². The van der Waals surface area contributed by atoms with E-state index in [-0.39, 0.29) is 28.7 Å². The molecule has 1 fully saturated rings. The fraction of sp³-hybridized carbons (Fsp3) is 0.405. The van der Waals surface area contributed by atoms with E-state index < -0.39 is 52.3 Å². The van der Waals surface area contributed by atoms with Gasteiger partial charge in [-0.15, -0.1) is 9.42 Å². The first-order valence-electron chi connectivity index (χ1n) is 19.4. The van der Waals surface area contributed by atoms with Crippen LogP contribution in [0.2, 0.25) is 16.6 Å². The number of hydrogen-bond acceptors (Lipinski definition) is 10. The van der Waals surface area contributed by atoms with Gasteiger partial charge in [0.15, 0.2) is 23.5 Å². The van der Waals surface area contributed by atoms with Gasteiger partial charge in [0, 0.05) is 17.0 Å². The van der Waals surface area contributed by atoms with E-state index >= 15 is 0 Å². The molecule has 3 aromatic heterocycles. The number of fused-ring (bicyclic) bond motifs is 3. The fourth-order valence-corrected chi connectivity index (χ4v) is 15.0. The van der Waals surface area contributed by atoms with Gasteiger partial charge >= 0.3 is 8.25 Å². The third kappa shape index (κ3) is 7.29. The minimum atomic E-state index is -3.14. The maximum absolute atomic E-state index is 13.3. The van der Waals surface area contributed by atoms with E-state index in [2.05, 4.69) is 56.5 Å². The third-order valence-corrected chi connectivity index (χ3v) is 18.1. The highest BCUT2D eigenvalue weighted by molar-refractivity contribution is 7.32. The number of methoxy groups -OCH3 is 2. The Morgan fingerprint density at radius 2 is 1.41 bits per heavy atom. The van der Waals surface area contributed by atoms with Crippen molar-refractivity contribution in [3.63, 3.8) is 0 Å². The summed E-state index contributed by atoms with van der Waals surface area (Å²) < 4.78 is 55.2. The first-order valence-corrected chi connectivity index (χ1v) is 22.7. The lowest BCUT2D eigenvalue weighted by molar-refractivity contribution is -0.0921. The lowest BCUT2D eigenvalue weighted by Crippen LogP contribution is -2.53. The van der Waals surface area contributed by atoms with Gasteiger partial charge in [-0.25, -0.2) is 9.97 Å². The first-order chi connectivity index (χ1) is 27.8. The van der Waals surface area contributed by atoms with Crippen molar-refractivity contribution >= 4 is 33.5 Å². The van der Waals surface area contributed by atoms with E-state index in [9.17, 15) is 14.3 Å². The van der Waals surface area contributed by atoms with Crippen molar-refractivity contribution in [2.45, 2.75) is 88.3 Å². The average Bonchev–Trinajstić information content (AvgIpc) is 3.95. The van der Waals surface area contributed by atoms with Crippen molar-refractivity contribution in [3.05, 3.63) is 125 Å². The highest BCUT2D eigenvalue weighted by atomic mass is 31.1. The number of imidazole rings is 2. The zero-order valence-electron chi connectivity index (χ0n) is 33.9. The summed E-state index contributed by atoms with van der Waals surface area (Å²) in [5.41, 5.74) is 1.79. The Labute approximate surface area is 339 Å².